The summed E-state index contributed by atoms with van der Waals surface area (Å²) in [5, 5.41) is 11.3. The highest BCUT2D eigenvalue weighted by molar-refractivity contribution is 5.94. The van der Waals surface area contributed by atoms with Gasteiger partial charge in [0.05, 0.1) is 6.42 Å². The highest BCUT2D eigenvalue weighted by Crippen LogP contribution is 2.33. The van der Waals surface area contributed by atoms with Crippen molar-refractivity contribution in [3.05, 3.63) is 95.1 Å². The number of benzene rings is 3. The number of carboxylic acids is 1. The smallest absolute Gasteiger partial charge is 0.489 e. The molecule has 1 fully saturated rings. The molecule has 2 N–H and O–H groups in total. The topological polar surface area (TPSA) is 84.9 Å². The van der Waals surface area contributed by atoms with Gasteiger partial charge in [0.1, 0.15) is 18.1 Å². The third kappa shape index (κ3) is 9.41. The molecule has 216 valence electrons. The molecule has 0 saturated heterocycles. The molecule has 1 saturated carbocycles. The maximum absolute atomic E-state index is 12.5. The largest absolute Gasteiger partial charge is 0.573 e. The summed E-state index contributed by atoms with van der Waals surface area (Å²) in [5.41, 5.74) is 4.32. The van der Waals surface area contributed by atoms with Crippen LogP contribution in [0.15, 0.2) is 72.8 Å². The number of amides is 1. The zero-order chi connectivity index (χ0) is 29.2. The number of carbonyl (C=O) groups excluding carboxylic acids is 1. The average Bonchev–Trinajstić information content (AvgIpc) is 2.96. The lowest BCUT2D eigenvalue weighted by Gasteiger charge is -2.22. The molecule has 41 heavy (non-hydrogen) atoms. The zero-order valence-electron chi connectivity index (χ0n) is 22.5. The van der Waals surface area contributed by atoms with Crippen LogP contribution in [0.1, 0.15) is 71.5 Å². The Morgan fingerprint density at radius 2 is 1.46 bits per heavy atom. The number of ether oxygens (including phenoxy) is 2. The van der Waals surface area contributed by atoms with Crippen molar-refractivity contribution in [3.63, 3.8) is 0 Å². The summed E-state index contributed by atoms with van der Waals surface area (Å²) in [5.74, 6) is -0.726. The predicted molar refractivity (Wildman–Crippen MR) is 150 cm³/mol. The van der Waals surface area contributed by atoms with Crippen LogP contribution in [0.25, 0.3) is 11.6 Å². The van der Waals surface area contributed by atoms with Gasteiger partial charge in [0.2, 0.25) is 0 Å². The van der Waals surface area contributed by atoms with Crippen molar-refractivity contribution in [1.82, 2.24) is 5.32 Å². The van der Waals surface area contributed by atoms with Gasteiger partial charge in [-0.25, -0.2) is 0 Å². The van der Waals surface area contributed by atoms with Crippen molar-refractivity contribution in [3.8, 4) is 11.5 Å². The minimum atomic E-state index is -4.77. The molecule has 0 spiro atoms. The summed E-state index contributed by atoms with van der Waals surface area (Å²) < 4.78 is 47.3. The molecule has 0 heterocycles. The SMILES string of the molecule is O=C(O)CCNC(=O)c1ccc(/C=C(\COc2ccc(OC(F)(F)F)cc2)c2ccc(C3CCCCC3)cc2)cc1. The molecule has 0 unspecified atom stereocenters. The van der Waals surface area contributed by atoms with Crippen LogP contribution in [0.3, 0.4) is 0 Å². The number of hydrogen-bond donors (Lipinski definition) is 2. The van der Waals surface area contributed by atoms with Gasteiger partial charge in [0.25, 0.3) is 5.91 Å². The fourth-order valence-electron chi connectivity index (χ4n) is 4.83. The van der Waals surface area contributed by atoms with E-state index in [4.69, 9.17) is 9.84 Å². The molecule has 0 bridgehead atoms. The summed E-state index contributed by atoms with van der Waals surface area (Å²) in [6, 6.07) is 20.5. The van der Waals surface area contributed by atoms with Crippen molar-refractivity contribution in [2.24, 2.45) is 0 Å². The highest BCUT2D eigenvalue weighted by atomic mass is 19.4. The molecule has 9 heteroatoms. The molecule has 0 atom stereocenters. The summed E-state index contributed by atoms with van der Waals surface area (Å²) in [7, 11) is 0. The third-order valence-electron chi connectivity index (χ3n) is 6.95. The van der Waals surface area contributed by atoms with Gasteiger partial charge in [-0.2, -0.15) is 0 Å². The lowest BCUT2D eigenvalue weighted by molar-refractivity contribution is -0.274. The van der Waals surface area contributed by atoms with Crippen molar-refractivity contribution >= 4 is 23.5 Å². The van der Waals surface area contributed by atoms with Crippen molar-refractivity contribution in [2.45, 2.75) is 50.8 Å². The third-order valence-corrected chi connectivity index (χ3v) is 6.95. The zero-order valence-corrected chi connectivity index (χ0v) is 22.5. The van der Waals surface area contributed by atoms with Crippen LogP contribution in [0.2, 0.25) is 0 Å². The van der Waals surface area contributed by atoms with E-state index < -0.39 is 12.3 Å². The van der Waals surface area contributed by atoms with Crippen LogP contribution in [-0.2, 0) is 4.79 Å². The van der Waals surface area contributed by atoms with E-state index in [1.807, 2.05) is 6.08 Å². The Labute approximate surface area is 236 Å². The Morgan fingerprint density at radius 3 is 2.07 bits per heavy atom. The maximum Gasteiger partial charge on any atom is 0.573 e. The molecule has 0 aliphatic heterocycles. The summed E-state index contributed by atoms with van der Waals surface area (Å²) in [6.07, 6.45) is 3.15. The molecule has 1 aliphatic carbocycles. The van der Waals surface area contributed by atoms with E-state index >= 15 is 0 Å². The lowest BCUT2D eigenvalue weighted by atomic mass is 9.83. The number of carboxylic acid groups (broad SMARTS) is 1. The summed E-state index contributed by atoms with van der Waals surface area (Å²) >= 11 is 0. The van der Waals surface area contributed by atoms with E-state index in [0.29, 0.717) is 17.2 Å². The Kier molecular flexibility index (Phi) is 10.1. The second kappa shape index (κ2) is 13.9. The Bertz CT molecular complexity index is 1330. The molecule has 6 nitrogen and oxygen atoms in total. The van der Waals surface area contributed by atoms with Crippen LogP contribution in [0.5, 0.6) is 11.5 Å². The van der Waals surface area contributed by atoms with Crippen molar-refractivity contribution in [1.29, 1.82) is 0 Å². The Morgan fingerprint density at radius 1 is 0.854 bits per heavy atom. The number of carbonyl (C=O) groups is 2. The molecular weight excluding hydrogens is 535 g/mol. The van der Waals surface area contributed by atoms with Crippen molar-refractivity contribution in [2.75, 3.05) is 13.2 Å². The van der Waals surface area contributed by atoms with Crippen LogP contribution in [-0.4, -0.2) is 36.5 Å². The van der Waals surface area contributed by atoms with Gasteiger partial charge in [-0.3, -0.25) is 9.59 Å². The lowest BCUT2D eigenvalue weighted by Crippen LogP contribution is -2.25. The number of rotatable bonds is 11. The first-order valence-electron chi connectivity index (χ1n) is 13.6. The first-order chi connectivity index (χ1) is 19.7. The fraction of sp³-hybridized carbons (Fsp3) is 0.312. The number of hydrogen-bond acceptors (Lipinski definition) is 4. The van der Waals surface area contributed by atoms with E-state index in [9.17, 15) is 22.8 Å². The molecule has 3 aromatic carbocycles. The molecule has 0 aromatic heterocycles. The van der Waals surface area contributed by atoms with Gasteiger partial charge in [0, 0.05) is 12.1 Å². The minimum absolute atomic E-state index is 0.0392. The van der Waals surface area contributed by atoms with Gasteiger partial charge in [-0.1, -0.05) is 55.7 Å². The number of nitrogens with one attached hydrogen (secondary N) is 1. The fourth-order valence-corrected chi connectivity index (χ4v) is 4.83. The molecule has 3 aromatic rings. The second-order valence-electron chi connectivity index (χ2n) is 9.96. The van der Waals surface area contributed by atoms with E-state index in [0.717, 1.165) is 16.7 Å². The normalized spacial score (nSPS) is 14.4. The van der Waals surface area contributed by atoms with Crippen LogP contribution < -0.4 is 14.8 Å². The molecule has 1 aliphatic rings. The van der Waals surface area contributed by atoms with E-state index in [2.05, 4.69) is 34.3 Å². The monoisotopic (exact) mass is 567 g/mol. The molecule has 0 radical (unpaired) electrons. The first-order valence-corrected chi connectivity index (χ1v) is 13.6. The molecule has 1 amide bonds. The van der Waals surface area contributed by atoms with Gasteiger partial charge < -0.3 is 19.9 Å². The first kappa shape index (κ1) is 29.7. The quantitative estimate of drug-likeness (QED) is 0.235. The standard InChI is InChI=1S/C32H32F3NO5/c33-32(34,35)41-29-16-14-28(15-17-29)40-21-27(25-12-10-24(11-13-25)23-4-2-1-3-5-23)20-22-6-8-26(9-7-22)31(39)36-19-18-30(37)38/h6-17,20,23H,1-5,18-19,21H2,(H,36,39)(H,37,38)/b27-20+. The second-order valence-corrected chi connectivity index (χ2v) is 9.96. The Balaban J connectivity index is 1.51. The predicted octanol–water partition coefficient (Wildman–Crippen LogP) is 7.46. The van der Waals surface area contributed by atoms with Crippen LogP contribution in [0, 0.1) is 0 Å². The molecule has 4 rings (SSSR count). The van der Waals surface area contributed by atoms with E-state index in [-0.39, 0.29) is 31.2 Å². The summed E-state index contributed by atoms with van der Waals surface area (Å²) in [6.45, 7) is 0.192. The van der Waals surface area contributed by atoms with E-state index in [1.165, 1.54) is 61.9 Å². The number of halogens is 3. The Hall–Kier alpha value is -4.27. The molecular formula is C32H32F3NO5. The number of alkyl halides is 3. The maximum atomic E-state index is 12.5. The van der Waals surface area contributed by atoms with Gasteiger partial charge in [-0.05, 0) is 83.5 Å². The van der Waals surface area contributed by atoms with Crippen molar-refractivity contribution < 1.29 is 37.3 Å². The van der Waals surface area contributed by atoms with Gasteiger partial charge in [0.15, 0.2) is 0 Å². The number of aliphatic carboxylic acids is 1. The van der Waals surface area contributed by atoms with Gasteiger partial charge >= 0.3 is 12.3 Å². The average molecular weight is 568 g/mol. The van der Waals surface area contributed by atoms with Gasteiger partial charge in [-0.15, -0.1) is 13.2 Å². The summed E-state index contributed by atoms with van der Waals surface area (Å²) in [4.78, 5) is 23.0. The minimum Gasteiger partial charge on any atom is -0.489 e. The highest BCUT2D eigenvalue weighted by Gasteiger charge is 2.31. The van der Waals surface area contributed by atoms with Crippen LogP contribution in [0.4, 0.5) is 13.2 Å². The van der Waals surface area contributed by atoms with Crippen LogP contribution >= 0.6 is 0 Å². The van der Waals surface area contributed by atoms with E-state index in [1.54, 1.807) is 24.3 Å².